The first-order chi connectivity index (χ1) is 6.39. The van der Waals surface area contributed by atoms with Gasteiger partial charge in [0.25, 0.3) is 0 Å². The van der Waals surface area contributed by atoms with E-state index in [4.69, 9.17) is 0 Å². The van der Waals surface area contributed by atoms with E-state index in [1.807, 2.05) is 0 Å². The van der Waals surface area contributed by atoms with E-state index in [-0.39, 0.29) is 13.1 Å². The molecule has 1 aliphatic heterocycles. The number of hydrogen-bond donors (Lipinski definition) is 0. The molecule has 0 N–H and O–H groups in total. The molecule has 0 aromatic carbocycles. The highest BCUT2D eigenvalue weighted by Crippen LogP contribution is 2.17. The van der Waals surface area contributed by atoms with Crippen LogP contribution in [0.4, 0.5) is 13.2 Å². The lowest BCUT2D eigenvalue weighted by Crippen LogP contribution is -2.39. The molecule has 0 aromatic rings. The number of hydrogen-bond acceptors (Lipinski definition) is 4. The Balaban J connectivity index is 2.50. The predicted octanol–water partition coefficient (Wildman–Crippen LogP) is 0.448. The zero-order chi connectivity index (χ0) is 10.8. The number of carbonyl (C=O) groups excluding carboxylic acids is 2. The third-order valence-electron chi connectivity index (χ3n) is 1.39. The number of alkyl halides is 3. The molecule has 14 heavy (non-hydrogen) atoms. The van der Waals surface area contributed by atoms with Gasteiger partial charge in [0.2, 0.25) is 0 Å². The van der Waals surface area contributed by atoms with Gasteiger partial charge in [-0.15, -0.1) is 5.06 Å². The Morgan fingerprint density at radius 3 is 2.64 bits per heavy atom. The van der Waals surface area contributed by atoms with E-state index in [1.165, 1.54) is 12.2 Å². The fourth-order valence-corrected chi connectivity index (χ4v) is 0.831. The number of rotatable bonds is 1. The van der Waals surface area contributed by atoms with Crippen molar-refractivity contribution in [3.05, 3.63) is 12.2 Å². The Labute approximate surface area is 76.9 Å². The highest BCUT2D eigenvalue weighted by atomic mass is 19.4. The van der Waals surface area contributed by atoms with Crippen molar-refractivity contribution in [2.45, 2.75) is 6.18 Å². The van der Waals surface area contributed by atoms with E-state index in [1.54, 1.807) is 0 Å². The van der Waals surface area contributed by atoms with Crippen LogP contribution in [-0.4, -0.2) is 36.1 Å². The molecule has 0 bridgehead atoms. The van der Waals surface area contributed by atoms with E-state index < -0.39 is 17.9 Å². The standard InChI is InChI=1S/C7H6F3NO3/c8-7(9,10)6(13)14-11-3-1-2-5(12)4-11/h1-2H,3-4H2. The molecule has 0 spiro atoms. The molecule has 1 rings (SSSR count). The van der Waals surface area contributed by atoms with Gasteiger partial charge in [-0.05, 0) is 6.08 Å². The van der Waals surface area contributed by atoms with Gasteiger partial charge in [-0.1, -0.05) is 6.08 Å². The maximum Gasteiger partial charge on any atom is 0.492 e. The zero-order valence-corrected chi connectivity index (χ0v) is 6.87. The molecular weight excluding hydrogens is 203 g/mol. The van der Waals surface area contributed by atoms with E-state index >= 15 is 0 Å². The Kier molecular flexibility index (Phi) is 2.90. The van der Waals surface area contributed by atoms with Crippen LogP contribution in [0.1, 0.15) is 0 Å². The van der Waals surface area contributed by atoms with Gasteiger partial charge in [0, 0.05) is 0 Å². The molecule has 7 heteroatoms. The third-order valence-corrected chi connectivity index (χ3v) is 1.39. The molecule has 1 heterocycles. The summed E-state index contributed by atoms with van der Waals surface area (Å²) in [5.41, 5.74) is 0. The Bertz CT molecular complexity index is 284. The van der Waals surface area contributed by atoms with Crippen LogP contribution in [0.5, 0.6) is 0 Å². The third kappa shape index (κ3) is 2.84. The fraction of sp³-hybridized carbons (Fsp3) is 0.429. The second-order valence-corrected chi connectivity index (χ2v) is 2.57. The molecule has 0 fully saturated rings. The summed E-state index contributed by atoms with van der Waals surface area (Å²) in [6.07, 6.45) is -2.50. The second kappa shape index (κ2) is 3.79. The normalized spacial score (nSPS) is 18.4. The highest BCUT2D eigenvalue weighted by molar-refractivity contribution is 5.92. The first kappa shape index (κ1) is 10.7. The van der Waals surface area contributed by atoms with Crippen molar-refractivity contribution in [3.8, 4) is 0 Å². The number of ketones is 1. The summed E-state index contributed by atoms with van der Waals surface area (Å²) in [6.45, 7) is -0.369. The van der Waals surface area contributed by atoms with Crippen LogP contribution in [0.25, 0.3) is 0 Å². The topological polar surface area (TPSA) is 46.6 Å². The molecule has 0 amide bonds. The van der Waals surface area contributed by atoms with Crippen LogP contribution < -0.4 is 0 Å². The van der Waals surface area contributed by atoms with E-state index in [9.17, 15) is 22.8 Å². The Hall–Kier alpha value is -1.37. The summed E-state index contributed by atoms with van der Waals surface area (Å²) in [5, 5.41) is 0.651. The predicted molar refractivity (Wildman–Crippen MR) is 37.9 cm³/mol. The van der Waals surface area contributed by atoms with Crippen molar-refractivity contribution in [2.75, 3.05) is 13.1 Å². The van der Waals surface area contributed by atoms with Crippen molar-refractivity contribution in [1.29, 1.82) is 0 Å². The van der Waals surface area contributed by atoms with E-state index in [0.717, 1.165) is 0 Å². The van der Waals surface area contributed by atoms with Crippen LogP contribution in [0.2, 0.25) is 0 Å². The Morgan fingerprint density at radius 2 is 2.14 bits per heavy atom. The minimum Gasteiger partial charge on any atom is -0.360 e. The molecule has 0 aliphatic carbocycles. The van der Waals surface area contributed by atoms with Crippen LogP contribution in [0.3, 0.4) is 0 Å². The summed E-state index contributed by atoms with van der Waals surface area (Å²) in [5.74, 6) is -2.73. The van der Waals surface area contributed by atoms with Gasteiger partial charge >= 0.3 is 12.1 Å². The summed E-state index contributed by atoms with van der Waals surface area (Å²) < 4.78 is 35.1. The first-order valence-corrected chi connectivity index (χ1v) is 3.63. The number of halogens is 3. The molecular formula is C7H6F3NO3. The largest absolute Gasteiger partial charge is 0.492 e. The molecule has 0 saturated heterocycles. The zero-order valence-electron chi connectivity index (χ0n) is 6.87. The summed E-state index contributed by atoms with van der Waals surface area (Å²) in [7, 11) is 0. The summed E-state index contributed by atoms with van der Waals surface area (Å²) in [4.78, 5) is 24.9. The summed E-state index contributed by atoms with van der Waals surface area (Å²) >= 11 is 0. The van der Waals surface area contributed by atoms with Gasteiger partial charge < -0.3 is 4.84 Å². The smallest absolute Gasteiger partial charge is 0.360 e. The highest BCUT2D eigenvalue weighted by Gasteiger charge is 2.42. The maximum absolute atomic E-state index is 11.7. The maximum atomic E-state index is 11.7. The molecule has 4 nitrogen and oxygen atoms in total. The second-order valence-electron chi connectivity index (χ2n) is 2.57. The van der Waals surface area contributed by atoms with Gasteiger partial charge in [0.1, 0.15) is 0 Å². The lowest BCUT2D eigenvalue weighted by molar-refractivity contribution is -0.236. The van der Waals surface area contributed by atoms with E-state index in [0.29, 0.717) is 5.06 Å². The molecule has 0 aromatic heterocycles. The van der Waals surface area contributed by atoms with E-state index in [2.05, 4.69) is 4.84 Å². The molecule has 0 saturated carbocycles. The SMILES string of the molecule is O=C1C=CCN(OC(=O)C(F)(F)F)C1. The number of hydroxylamine groups is 2. The van der Waals surface area contributed by atoms with Crippen LogP contribution in [0, 0.1) is 0 Å². The van der Waals surface area contributed by atoms with Gasteiger partial charge in [0.05, 0.1) is 13.1 Å². The van der Waals surface area contributed by atoms with Gasteiger partial charge in [-0.2, -0.15) is 13.2 Å². The lowest BCUT2D eigenvalue weighted by Gasteiger charge is -2.21. The van der Waals surface area contributed by atoms with Gasteiger partial charge in [-0.3, -0.25) is 4.79 Å². The molecule has 78 valence electrons. The van der Waals surface area contributed by atoms with Crippen molar-refractivity contribution in [2.24, 2.45) is 0 Å². The molecule has 0 radical (unpaired) electrons. The van der Waals surface area contributed by atoms with Crippen molar-refractivity contribution >= 4 is 11.8 Å². The average Bonchev–Trinajstić information content (AvgIpc) is 2.02. The quantitative estimate of drug-likeness (QED) is 0.629. The minimum absolute atomic E-state index is 0.0203. The van der Waals surface area contributed by atoms with Crippen molar-refractivity contribution < 1.29 is 27.6 Å². The van der Waals surface area contributed by atoms with Gasteiger partial charge in [-0.25, -0.2) is 4.79 Å². The van der Waals surface area contributed by atoms with Crippen LogP contribution in [-0.2, 0) is 14.4 Å². The Morgan fingerprint density at radius 1 is 1.50 bits per heavy atom. The average molecular weight is 209 g/mol. The fourth-order valence-electron chi connectivity index (χ4n) is 0.831. The lowest BCUT2D eigenvalue weighted by atomic mass is 10.3. The van der Waals surface area contributed by atoms with Crippen molar-refractivity contribution in [1.82, 2.24) is 5.06 Å². The molecule has 1 aliphatic rings. The van der Waals surface area contributed by atoms with Crippen molar-refractivity contribution in [3.63, 3.8) is 0 Å². The van der Waals surface area contributed by atoms with Crippen LogP contribution in [0.15, 0.2) is 12.2 Å². The molecule has 0 unspecified atom stereocenters. The summed E-state index contributed by atoms with van der Waals surface area (Å²) in [6, 6.07) is 0. The monoisotopic (exact) mass is 209 g/mol. The number of carbonyl (C=O) groups is 2. The molecule has 0 atom stereocenters. The van der Waals surface area contributed by atoms with Gasteiger partial charge in [0.15, 0.2) is 5.78 Å². The number of nitrogens with zero attached hydrogens (tertiary/aromatic N) is 1. The first-order valence-electron chi connectivity index (χ1n) is 3.63. The van der Waals surface area contributed by atoms with Crippen LogP contribution >= 0.6 is 0 Å². The minimum atomic E-state index is -5.04.